The van der Waals surface area contributed by atoms with Gasteiger partial charge in [-0.05, 0) is 53.2 Å². The number of hydrogen-bond acceptors (Lipinski definition) is 1. The van der Waals surface area contributed by atoms with Crippen molar-refractivity contribution >= 4 is 0 Å². The molecule has 0 aliphatic rings. The van der Waals surface area contributed by atoms with E-state index in [1.165, 1.54) is 23.1 Å². The molecule has 0 aromatic heterocycles. The van der Waals surface area contributed by atoms with Gasteiger partial charge in [0.05, 0.1) is 0 Å². The molecule has 0 fully saturated rings. The summed E-state index contributed by atoms with van der Waals surface area (Å²) in [7, 11) is 0. The van der Waals surface area contributed by atoms with Crippen molar-refractivity contribution in [1.82, 2.24) is 0 Å². The quantitative estimate of drug-likeness (QED) is 0.406. The average Bonchev–Trinajstić information content (AvgIpc) is 2.75. The predicted octanol–water partition coefficient (Wildman–Crippen LogP) is 7.47. The average molecular weight is 386 g/mol. The molecule has 0 heterocycles. The first kappa shape index (κ1) is 21.3. The summed E-state index contributed by atoms with van der Waals surface area (Å²) in [5.74, 6) is 1.03. The minimum atomic E-state index is 0.0592. The second kappa shape index (κ2) is 9.89. The second-order valence-corrected chi connectivity index (χ2v) is 9.06. The van der Waals surface area contributed by atoms with E-state index in [9.17, 15) is 0 Å². The first-order valence-corrected chi connectivity index (χ1v) is 10.9. The lowest BCUT2D eigenvalue weighted by molar-refractivity contribution is 0.226. The van der Waals surface area contributed by atoms with Crippen LogP contribution in [0.5, 0.6) is 0 Å². The van der Waals surface area contributed by atoms with Gasteiger partial charge in [0.2, 0.25) is 0 Å². The summed E-state index contributed by atoms with van der Waals surface area (Å²) in [4.78, 5) is 0. The molecule has 0 aliphatic carbocycles. The minimum absolute atomic E-state index is 0.0592. The molecule has 0 amide bonds. The minimum Gasteiger partial charge on any atom is -0.324 e. The van der Waals surface area contributed by atoms with Crippen LogP contribution in [0.2, 0.25) is 0 Å². The molecule has 3 rings (SSSR count). The van der Waals surface area contributed by atoms with Crippen LogP contribution >= 0.6 is 0 Å². The molecule has 29 heavy (non-hydrogen) atoms. The Morgan fingerprint density at radius 3 is 1.62 bits per heavy atom. The van der Waals surface area contributed by atoms with Crippen molar-refractivity contribution in [3.63, 3.8) is 0 Å². The van der Waals surface area contributed by atoms with Crippen LogP contribution < -0.4 is 5.73 Å². The Kier molecular flexibility index (Phi) is 7.28. The zero-order valence-electron chi connectivity index (χ0n) is 18.1. The van der Waals surface area contributed by atoms with Gasteiger partial charge in [0.15, 0.2) is 0 Å². The van der Waals surface area contributed by atoms with Gasteiger partial charge in [0.1, 0.15) is 0 Å². The van der Waals surface area contributed by atoms with Crippen molar-refractivity contribution in [2.45, 2.75) is 57.9 Å². The maximum absolute atomic E-state index is 6.64. The molecule has 0 saturated heterocycles. The monoisotopic (exact) mass is 385 g/mol. The van der Waals surface area contributed by atoms with Crippen molar-refractivity contribution in [3.05, 3.63) is 108 Å². The zero-order chi connectivity index (χ0) is 20.7. The van der Waals surface area contributed by atoms with Crippen molar-refractivity contribution in [2.24, 2.45) is 11.1 Å². The van der Waals surface area contributed by atoms with E-state index in [4.69, 9.17) is 5.73 Å². The van der Waals surface area contributed by atoms with Gasteiger partial charge in [-0.3, -0.25) is 0 Å². The third kappa shape index (κ3) is 5.81. The van der Waals surface area contributed by atoms with Gasteiger partial charge in [-0.1, -0.05) is 112 Å². The normalized spacial score (nSPS) is 14.9. The van der Waals surface area contributed by atoms with Gasteiger partial charge in [0.25, 0.3) is 0 Å². The highest BCUT2D eigenvalue weighted by Gasteiger charge is 2.33. The largest absolute Gasteiger partial charge is 0.324 e. The molecular formula is C28H35N. The number of rotatable bonds is 9. The molecule has 3 atom stereocenters. The SMILES string of the molecule is CC(CCC(c1ccccc1)C(C)(C)CC(N)c1ccccc1)c1ccccc1. The molecular weight excluding hydrogens is 350 g/mol. The van der Waals surface area contributed by atoms with Gasteiger partial charge >= 0.3 is 0 Å². The third-order valence-electron chi connectivity index (χ3n) is 6.38. The van der Waals surface area contributed by atoms with Crippen molar-refractivity contribution in [3.8, 4) is 0 Å². The first-order valence-electron chi connectivity index (χ1n) is 10.9. The van der Waals surface area contributed by atoms with Crippen molar-refractivity contribution < 1.29 is 0 Å². The summed E-state index contributed by atoms with van der Waals surface area (Å²) >= 11 is 0. The fourth-order valence-corrected chi connectivity index (χ4v) is 4.59. The summed E-state index contributed by atoms with van der Waals surface area (Å²) in [6.45, 7) is 7.13. The van der Waals surface area contributed by atoms with Gasteiger partial charge in [-0.25, -0.2) is 0 Å². The van der Waals surface area contributed by atoms with Crippen LogP contribution in [-0.2, 0) is 0 Å². The molecule has 0 saturated carbocycles. The maximum Gasteiger partial charge on any atom is 0.0300 e. The lowest BCUT2D eigenvalue weighted by Gasteiger charge is -2.37. The van der Waals surface area contributed by atoms with Gasteiger partial charge in [0, 0.05) is 6.04 Å². The molecule has 0 aliphatic heterocycles. The summed E-state index contributed by atoms with van der Waals surface area (Å²) in [5.41, 5.74) is 10.8. The fourth-order valence-electron chi connectivity index (χ4n) is 4.59. The van der Waals surface area contributed by atoms with Crippen LogP contribution in [0.3, 0.4) is 0 Å². The Morgan fingerprint density at radius 1 is 0.655 bits per heavy atom. The van der Waals surface area contributed by atoms with Gasteiger partial charge < -0.3 is 5.73 Å². The van der Waals surface area contributed by atoms with E-state index in [2.05, 4.69) is 112 Å². The van der Waals surface area contributed by atoms with E-state index >= 15 is 0 Å². The zero-order valence-corrected chi connectivity index (χ0v) is 18.1. The molecule has 3 unspecified atom stereocenters. The van der Waals surface area contributed by atoms with E-state index in [0.29, 0.717) is 11.8 Å². The van der Waals surface area contributed by atoms with E-state index in [1.54, 1.807) is 0 Å². The third-order valence-corrected chi connectivity index (χ3v) is 6.38. The Labute approximate surface area is 177 Å². The molecule has 0 radical (unpaired) electrons. The Balaban J connectivity index is 1.77. The Morgan fingerprint density at radius 2 is 1.10 bits per heavy atom. The van der Waals surface area contributed by atoms with Gasteiger partial charge in [-0.15, -0.1) is 0 Å². The second-order valence-electron chi connectivity index (χ2n) is 9.06. The first-order chi connectivity index (χ1) is 14.0. The molecule has 3 aromatic carbocycles. The molecule has 1 heteroatoms. The smallest absolute Gasteiger partial charge is 0.0300 e. The van der Waals surface area contributed by atoms with E-state index in [-0.39, 0.29) is 11.5 Å². The van der Waals surface area contributed by atoms with Crippen LogP contribution in [0.4, 0.5) is 0 Å². The lowest BCUT2D eigenvalue weighted by atomic mass is 9.68. The predicted molar refractivity (Wildman–Crippen MR) is 125 cm³/mol. The topological polar surface area (TPSA) is 26.0 Å². The molecule has 0 bridgehead atoms. The number of benzene rings is 3. The standard InChI is InChI=1S/C28H35N/c1-22(23-13-7-4-8-14-23)19-20-26(24-15-9-5-10-16-24)28(2,3)21-27(29)25-17-11-6-12-18-25/h4-18,22,26-27H,19-21,29H2,1-3H3. The summed E-state index contributed by atoms with van der Waals surface area (Å²) in [6, 6.07) is 32.5. The Bertz CT molecular complexity index is 839. The summed E-state index contributed by atoms with van der Waals surface area (Å²) < 4.78 is 0. The molecule has 2 N–H and O–H groups in total. The fraction of sp³-hybridized carbons (Fsp3) is 0.357. The van der Waals surface area contributed by atoms with E-state index in [1.807, 2.05) is 0 Å². The van der Waals surface area contributed by atoms with Crippen molar-refractivity contribution in [2.75, 3.05) is 0 Å². The number of hydrogen-bond donors (Lipinski definition) is 1. The Hall–Kier alpha value is -2.38. The van der Waals surface area contributed by atoms with Crippen LogP contribution in [0.1, 0.15) is 74.6 Å². The van der Waals surface area contributed by atoms with Crippen LogP contribution in [0.25, 0.3) is 0 Å². The lowest BCUT2D eigenvalue weighted by Crippen LogP contribution is -2.28. The summed E-state index contributed by atoms with van der Waals surface area (Å²) in [6.07, 6.45) is 3.30. The highest BCUT2D eigenvalue weighted by atomic mass is 14.6. The van der Waals surface area contributed by atoms with Crippen LogP contribution in [0.15, 0.2) is 91.0 Å². The molecule has 1 nitrogen and oxygen atoms in total. The molecule has 152 valence electrons. The van der Waals surface area contributed by atoms with Crippen LogP contribution in [0, 0.1) is 5.41 Å². The molecule has 3 aromatic rings. The highest BCUT2D eigenvalue weighted by molar-refractivity contribution is 5.24. The maximum atomic E-state index is 6.64. The highest BCUT2D eigenvalue weighted by Crippen LogP contribution is 2.45. The van der Waals surface area contributed by atoms with E-state index in [0.717, 1.165) is 12.8 Å². The van der Waals surface area contributed by atoms with Crippen molar-refractivity contribution in [1.29, 1.82) is 0 Å². The molecule has 0 spiro atoms. The van der Waals surface area contributed by atoms with E-state index < -0.39 is 0 Å². The summed E-state index contributed by atoms with van der Waals surface area (Å²) in [5, 5.41) is 0. The van der Waals surface area contributed by atoms with Gasteiger partial charge in [-0.2, -0.15) is 0 Å². The van der Waals surface area contributed by atoms with Crippen LogP contribution in [-0.4, -0.2) is 0 Å². The number of nitrogens with two attached hydrogens (primary N) is 1.